The van der Waals surface area contributed by atoms with Crippen LogP contribution in [0, 0.1) is 0 Å². The molecular weight excluding hydrogens is 255 g/mol. The number of piperidine rings is 1. The van der Waals surface area contributed by atoms with E-state index in [1.807, 2.05) is 18.2 Å². The van der Waals surface area contributed by atoms with E-state index >= 15 is 0 Å². The third-order valence-electron chi connectivity index (χ3n) is 3.18. The van der Waals surface area contributed by atoms with E-state index in [0.717, 1.165) is 18.7 Å². The summed E-state index contributed by atoms with van der Waals surface area (Å²) >= 11 is 12.2. The molecule has 1 saturated heterocycles. The van der Waals surface area contributed by atoms with Gasteiger partial charge >= 0.3 is 0 Å². The van der Waals surface area contributed by atoms with Gasteiger partial charge in [0.1, 0.15) is 0 Å². The summed E-state index contributed by atoms with van der Waals surface area (Å²) in [6, 6.07) is 5.98. The minimum Gasteiger partial charge on any atom is -0.248 e. The normalized spacial score (nSPS) is 19.2. The van der Waals surface area contributed by atoms with E-state index in [4.69, 9.17) is 23.2 Å². The fourth-order valence-corrected chi connectivity index (χ4v) is 2.69. The molecule has 0 aromatic heterocycles. The lowest BCUT2D eigenvalue weighted by Gasteiger charge is -2.30. The van der Waals surface area contributed by atoms with Crippen LogP contribution in [-0.2, 0) is 0 Å². The molecule has 1 fully saturated rings. The van der Waals surface area contributed by atoms with E-state index in [1.165, 1.54) is 19.3 Å². The fraction of sp³-hybridized carbons (Fsp3) is 0.538. The van der Waals surface area contributed by atoms with Crippen LogP contribution in [0.4, 0.5) is 0 Å². The Labute approximate surface area is 113 Å². The van der Waals surface area contributed by atoms with Gasteiger partial charge in [-0.05, 0) is 31.4 Å². The summed E-state index contributed by atoms with van der Waals surface area (Å²) in [5.74, 6) is 0. The molecule has 0 radical (unpaired) electrons. The summed E-state index contributed by atoms with van der Waals surface area (Å²) in [7, 11) is 0. The van der Waals surface area contributed by atoms with Gasteiger partial charge in [0.15, 0.2) is 0 Å². The highest BCUT2D eigenvalue weighted by atomic mass is 35.5. The van der Waals surface area contributed by atoms with Crippen molar-refractivity contribution in [2.75, 3.05) is 13.1 Å². The first-order valence-electron chi connectivity index (χ1n) is 6.13. The monoisotopic (exact) mass is 272 g/mol. The predicted octanol–water partition coefficient (Wildman–Crippen LogP) is 4.04. The summed E-state index contributed by atoms with van der Waals surface area (Å²) in [5, 5.41) is 3.56. The second-order valence-corrected chi connectivity index (χ2v) is 5.33. The standard InChI is InChI=1S/C13H18Cl2N2/c1-10(16-17-8-3-2-4-9-17)11-6-5-7-12(14)13(11)15/h5-7,10,16H,2-4,8-9H2,1H3. The van der Waals surface area contributed by atoms with Gasteiger partial charge in [-0.1, -0.05) is 41.8 Å². The topological polar surface area (TPSA) is 15.3 Å². The van der Waals surface area contributed by atoms with Crippen LogP contribution >= 0.6 is 23.2 Å². The molecule has 1 atom stereocenters. The molecule has 2 nitrogen and oxygen atoms in total. The van der Waals surface area contributed by atoms with Gasteiger partial charge in [-0.3, -0.25) is 0 Å². The lowest BCUT2D eigenvalue weighted by molar-refractivity contribution is 0.133. The maximum absolute atomic E-state index is 6.22. The van der Waals surface area contributed by atoms with E-state index in [-0.39, 0.29) is 6.04 Å². The first-order valence-corrected chi connectivity index (χ1v) is 6.89. The van der Waals surface area contributed by atoms with Crippen molar-refractivity contribution in [2.45, 2.75) is 32.2 Å². The minimum atomic E-state index is 0.194. The Bertz CT molecular complexity index is 376. The molecule has 1 unspecified atom stereocenters. The Morgan fingerprint density at radius 1 is 1.18 bits per heavy atom. The van der Waals surface area contributed by atoms with Crippen LogP contribution in [0.5, 0.6) is 0 Å². The van der Waals surface area contributed by atoms with E-state index in [1.54, 1.807) is 0 Å². The van der Waals surface area contributed by atoms with Gasteiger partial charge in [0.05, 0.1) is 10.0 Å². The maximum Gasteiger partial charge on any atom is 0.0640 e. The Morgan fingerprint density at radius 2 is 1.88 bits per heavy atom. The number of rotatable bonds is 3. The predicted molar refractivity (Wildman–Crippen MR) is 73.4 cm³/mol. The smallest absolute Gasteiger partial charge is 0.0640 e. The van der Waals surface area contributed by atoms with Crippen LogP contribution in [0.3, 0.4) is 0 Å². The molecule has 2 rings (SSSR count). The second kappa shape index (κ2) is 6.05. The summed E-state index contributed by atoms with van der Waals surface area (Å²) in [6.45, 7) is 4.34. The van der Waals surface area contributed by atoms with Crippen molar-refractivity contribution in [3.63, 3.8) is 0 Å². The van der Waals surface area contributed by atoms with E-state index in [9.17, 15) is 0 Å². The van der Waals surface area contributed by atoms with Gasteiger partial charge in [0.2, 0.25) is 0 Å². The SMILES string of the molecule is CC(NN1CCCCC1)c1cccc(Cl)c1Cl. The molecule has 1 heterocycles. The van der Waals surface area contributed by atoms with Crippen molar-refractivity contribution in [3.05, 3.63) is 33.8 Å². The van der Waals surface area contributed by atoms with Crippen LogP contribution in [0.15, 0.2) is 18.2 Å². The molecule has 17 heavy (non-hydrogen) atoms. The second-order valence-electron chi connectivity index (χ2n) is 4.54. The van der Waals surface area contributed by atoms with Crippen molar-refractivity contribution >= 4 is 23.2 Å². The van der Waals surface area contributed by atoms with Gasteiger partial charge in [0.25, 0.3) is 0 Å². The van der Waals surface area contributed by atoms with Crippen LogP contribution in [-0.4, -0.2) is 18.1 Å². The first-order chi connectivity index (χ1) is 8.18. The molecule has 0 amide bonds. The highest BCUT2D eigenvalue weighted by Gasteiger charge is 2.16. The lowest BCUT2D eigenvalue weighted by Crippen LogP contribution is -2.42. The Balaban J connectivity index is 2.03. The first kappa shape index (κ1) is 13.2. The zero-order valence-corrected chi connectivity index (χ0v) is 11.6. The number of nitrogens with one attached hydrogen (secondary N) is 1. The highest BCUT2D eigenvalue weighted by Crippen LogP contribution is 2.30. The quantitative estimate of drug-likeness (QED) is 0.894. The number of hydrogen-bond acceptors (Lipinski definition) is 2. The van der Waals surface area contributed by atoms with Gasteiger partial charge < -0.3 is 0 Å². The van der Waals surface area contributed by atoms with Crippen molar-refractivity contribution < 1.29 is 0 Å². The zero-order chi connectivity index (χ0) is 12.3. The molecule has 1 aromatic carbocycles. The molecule has 0 bridgehead atoms. The molecule has 94 valence electrons. The summed E-state index contributed by atoms with van der Waals surface area (Å²) in [6.07, 6.45) is 3.87. The molecule has 0 aliphatic carbocycles. The van der Waals surface area contributed by atoms with Crippen LogP contribution in [0.2, 0.25) is 10.0 Å². The molecule has 4 heteroatoms. The van der Waals surface area contributed by atoms with Crippen molar-refractivity contribution in [1.29, 1.82) is 0 Å². The third kappa shape index (κ3) is 3.35. The molecule has 0 spiro atoms. The zero-order valence-electron chi connectivity index (χ0n) is 10.0. The van der Waals surface area contributed by atoms with Crippen LogP contribution < -0.4 is 5.43 Å². The van der Waals surface area contributed by atoms with Gasteiger partial charge in [0, 0.05) is 19.1 Å². The van der Waals surface area contributed by atoms with E-state index in [2.05, 4.69) is 17.4 Å². The molecular formula is C13H18Cl2N2. The summed E-state index contributed by atoms with van der Waals surface area (Å²) < 4.78 is 0. The number of benzene rings is 1. The number of halogens is 2. The van der Waals surface area contributed by atoms with Crippen molar-refractivity contribution in [3.8, 4) is 0 Å². The number of hydrazine groups is 1. The molecule has 1 N–H and O–H groups in total. The minimum absolute atomic E-state index is 0.194. The number of hydrogen-bond donors (Lipinski definition) is 1. The average molecular weight is 273 g/mol. The molecule has 1 aliphatic heterocycles. The van der Waals surface area contributed by atoms with Gasteiger partial charge in [-0.2, -0.15) is 0 Å². The number of nitrogens with zero attached hydrogens (tertiary/aromatic N) is 1. The van der Waals surface area contributed by atoms with Gasteiger partial charge in [-0.25, -0.2) is 10.4 Å². The molecule has 1 aromatic rings. The third-order valence-corrected chi connectivity index (χ3v) is 4.01. The van der Waals surface area contributed by atoms with Crippen LogP contribution in [0.1, 0.15) is 37.8 Å². The van der Waals surface area contributed by atoms with Crippen molar-refractivity contribution in [2.24, 2.45) is 0 Å². The van der Waals surface area contributed by atoms with Crippen LogP contribution in [0.25, 0.3) is 0 Å². The Morgan fingerprint density at radius 3 is 2.59 bits per heavy atom. The largest absolute Gasteiger partial charge is 0.248 e. The molecule has 0 saturated carbocycles. The highest BCUT2D eigenvalue weighted by molar-refractivity contribution is 6.42. The van der Waals surface area contributed by atoms with E-state index < -0.39 is 0 Å². The van der Waals surface area contributed by atoms with E-state index in [0.29, 0.717) is 10.0 Å². The Hall–Kier alpha value is -0.280. The maximum atomic E-state index is 6.22. The summed E-state index contributed by atoms with van der Waals surface area (Å²) in [5.41, 5.74) is 4.55. The van der Waals surface area contributed by atoms with Gasteiger partial charge in [-0.15, -0.1) is 0 Å². The lowest BCUT2D eigenvalue weighted by atomic mass is 10.1. The molecule has 1 aliphatic rings. The fourth-order valence-electron chi connectivity index (χ4n) is 2.22. The van der Waals surface area contributed by atoms with Crippen molar-refractivity contribution in [1.82, 2.24) is 10.4 Å². The average Bonchev–Trinajstić information content (AvgIpc) is 2.34. The summed E-state index contributed by atoms with van der Waals surface area (Å²) in [4.78, 5) is 0. The Kier molecular flexibility index (Phi) is 4.69.